The van der Waals surface area contributed by atoms with Crippen LogP contribution in [0.5, 0.6) is 0 Å². The van der Waals surface area contributed by atoms with Crippen molar-refractivity contribution >= 4 is 17.7 Å². The summed E-state index contributed by atoms with van der Waals surface area (Å²) in [6.07, 6.45) is 0.949. The molecule has 0 aliphatic heterocycles. The van der Waals surface area contributed by atoms with Crippen molar-refractivity contribution in [3.05, 3.63) is 48.2 Å². The lowest BCUT2D eigenvalue weighted by Gasteiger charge is -2.19. The molecule has 1 aromatic heterocycles. The van der Waals surface area contributed by atoms with Crippen molar-refractivity contribution in [3.63, 3.8) is 0 Å². The zero-order valence-corrected chi connectivity index (χ0v) is 13.2. The first kappa shape index (κ1) is 16.5. The Labute approximate surface area is 134 Å². The highest BCUT2D eigenvalue weighted by Crippen LogP contribution is 2.24. The molecule has 0 aliphatic rings. The second-order valence-corrected chi connectivity index (χ2v) is 5.91. The van der Waals surface area contributed by atoms with Crippen molar-refractivity contribution in [1.29, 1.82) is 0 Å². The number of aromatic carboxylic acids is 1. The normalized spacial score (nSPS) is 10.9. The Bertz CT molecular complexity index is 735. The lowest BCUT2D eigenvalue weighted by atomic mass is 10.1. The fraction of sp³-hybridized carbons (Fsp3) is 0.235. The lowest BCUT2D eigenvalue weighted by molar-refractivity contribution is 0.0634. The van der Waals surface area contributed by atoms with Gasteiger partial charge in [0.05, 0.1) is 11.3 Å². The molecule has 0 bridgehead atoms. The molecule has 1 aromatic carbocycles. The van der Waals surface area contributed by atoms with Crippen molar-refractivity contribution in [1.82, 2.24) is 4.98 Å². The highest BCUT2D eigenvalue weighted by molar-refractivity contribution is 5.95. The van der Waals surface area contributed by atoms with E-state index in [9.17, 15) is 14.7 Å². The molecule has 0 spiro atoms. The van der Waals surface area contributed by atoms with Gasteiger partial charge in [-0.25, -0.2) is 9.59 Å². The summed E-state index contributed by atoms with van der Waals surface area (Å²) in [4.78, 5) is 27.2. The molecule has 2 aromatic rings. The van der Waals surface area contributed by atoms with Gasteiger partial charge in [-0.2, -0.15) is 0 Å². The molecule has 0 saturated heterocycles. The number of carbonyl (C=O) groups is 2. The third-order valence-electron chi connectivity index (χ3n) is 2.82. The molecule has 1 amide bonds. The summed E-state index contributed by atoms with van der Waals surface area (Å²) in [5.41, 5.74) is 0.934. The average Bonchev–Trinajstić information content (AvgIpc) is 2.45. The predicted octanol–water partition coefficient (Wildman–Crippen LogP) is 3.79. The number of carbonyl (C=O) groups excluding carboxylic acids is 1. The van der Waals surface area contributed by atoms with E-state index in [4.69, 9.17) is 4.74 Å². The van der Waals surface area contributed by atoms with Gasteiger partial charge in [0.25, 0.3) is 0 Å². The van der Waals surface area contributed by atoms with E-state index in [2.05, 4.69) is 10.3 Å². The van der Waals surface area contributed by atoms with Gasteiger partial charge in [-0.15, -0.1) is 0 Å². The molecule has 6 heteroatoms. The summed E-state index contributed by atoms with van der Waals surface area (Å²) < 4.78 is 5.19. The number of pyridine rings is 1. The largest absolute Gasteiger partial charge is 0.478 e. The molecule has 0 unspecified atom stereocenters. The van der Waals surface area contributed by atoms with E-state index in [-0.39, 0.29) is 5.56 Å². The van der Waals surface area contributed by atoms with Crippen LogP contribution < -0.4 is 5.32 Å². The Hall–Kier alpha value is -2.89. The minimum atomic E-state index is -1.06. The molecule has 6 nitrogen and oxygen atoms in total. The third-order valence-corrected chi connectivity index (χ3v) is 2.82. The first-order chi connectivity index (χ1) is 10.8. The molecule has 0 radical (unpaired) electrons. The van der Waals surface area contributed by atoms with E-state index >= 15 is 0 Å². The Morgan fingerprint density at radius 1 is 1.17 bits per heavy atom. The Morgan fingerprint density at radius 3 is 2.57 bits per heavy atom. The number of rotatable bonds is 3. The topological polar surface area (TPSA) is 88.5 Å². The molecule has 0 aliphatic carbocycles. The molecule has 2 rings (SSSR count). The van der Waals surface area contributed by atoms with Crippen molar-refractivity contribution in [2.45, 2.75) is 26.4 Å². The van der Waals surface area contributed by atoms with Crippen molar-refractivity contribution in [3.8, 4) is 11.3 Å². The fourth-order valence-corrected chi connectivity index (χ4v) is 1.97. The molecule has 23 heavy (non-hydrogen) atoms. The first-order valence-electron chi connectivity index (χ1n) is 7.05. The van der Waals surface area contributed by atoms with Crippen LogP contribution in [0.3, 0.4) is 0 Å². The van der Waals surface area contributed by atoms with Crippen LogP contribution in [0.4, 0.5) is 10.5 Å². The quantitative estimate of drug-likeness (QED) is 0.899. The number of ether oxygens (including phenoxy) is 1. The summed E-state index contributed by atoms with van der Waals surface area (Å²) in [5.74, 6) is -1.06. The monoisotopic (exact) mass is 314 g/mol. The van der Waals surface area contributed by atoms with Crippen molar-refractivity contribution in [2.24, 2.45) is 0 Å². The summed E-state index contributed by atoms with van der Waals surface area (Å²) >= 11 is 0. The van der Waals surface area contributed by atoms with Gasteiger partial charge >= 0.3 is 12.1 Å². The van der Waals surface area contributed by atoms with Crippen LogP contribution in [0.25, 0.3) is 11.3 Å². The average molecular weight is 314 g/mol. The van der Waals surface area contributed by atoms with Crippen LogP contribution in [0.15, 0.2) is 42.6 Å². The van der Waals surface area contributed by atoms with Crippen LogP contribution in [0.1, 0.15) is 31.1 Å². The molecule has 1 heterocycles. The van der Waals surface area contributed by atoms with Gasteiger partial charge < -0.3 is 9.84 Å². The van der Waals surface area contributed by atoms with Crippen LogP contribution in [-0.4, -0.2) is 27.8 Å². The number of nitrogens with one attached hydrogen (secondary N) is 1. The van der Waals surface area contributed by atoms with E-state index in [1.54, 1.807) is 51.1 Å². The second kappa shape index (κ2) is 6.48. The van der Waals surface area contributed by atoms with Crippen LogP contribution in [0, 0.1) is 0 Å². The van der Waals surface area contributed by atoms with Gasteiger partial charge in [0.1, 0.15) is 5.60 Å². The zero-order valence-electron chi connectivity index (χ0n) is 13.2. The van der Waals surface area contributed by atoms with Crippen LogP contribution >= 0.6 is 0 Å². The van der Waals surface area contributed by atoms with E-state index in [0.29, 0.717) is 16.9 Å². The zero-order chi connectivity index (χ0) is 17.0. The van der Waals surface area contributed by atoms with E-state index in [1.807, 2.05) is 0 Å². The summed E-state index contributed by atoms with van der Waals surface area (Å²) in [6, 6.07) is 9.83. The minimum Gasteiger partial charge on any atom is -0.478 e. The number of nitrogens with zero attached hydrogens (tertiary/aromatic N) is 1. The number of carboxylic acids is 1. The van der Waals surface area contributed by atoms with Gasteiger partial charge in [0.2, 0.25) is 0 Å². The minimum absolute atomic E-state index is 0.0990. The van der Waals surface area contributed by atoms with Crippen LogP contribution in [0.2, 0.25) is 0 Å². The van der Waals surface area contributed by atoms with Crippen molar-refractivity contribution in [2.75, 3.05) is 5.32 Å². The maximum atomic E-state index is 11.8. The number of carboxylic acid groups (broad SMARTS) is 1. The fourth-order valence-electron chi connectivity index (χ4n) is 1.97. The number of aromatic nitrogens is 1. The molecule has 120 valence electrons. The van der Waals surface area contributed by atoms with Gasteiger partial charge in [-0.05, 0) is 45.0 Å². The lowest BCUT2D eigenvalue weighted by Crippen LogP contribution is -2.27. The Morgan fingerprint density at radius 2 is 1.91 bits per heavy atom. The number of hydrogen-bond acceptors (Lipinski definition) is 4. The first-order valence-corrected chi connectivity index (χ1v) is 7.05. The predicted molar refractivity (Wildman–Crippen MR) is 86.5 cm³/mol. The summed E-state index contributed by atoms with van der Waals surface area (Å²) in [7, 11) is 0. The maximum Gasteiger partial charge on any atom is 0.412 e. The molecule has 2 N–H and O–H groups in total. The molecule has 0 saturated carbocycles. The number of hydrogen-bond donors (Lipinski definition) is 2. The highest BCUT2D eigenvalue weighted by Gasteiger charge is 2.17. The Balaban J connectivity index is 2.28. The molecular weight excluding hydrogens is 296 g/mol. The number of benzene rings is 1. The van der Waals surface area contributed by atoms with Crippen molar-refractivity contribution < 1.29 is 19.4 Å². The standard InChI is InChI=1S/C17H18N2O4/c1-17(2,3)23-16(22)19-12-7-4-6-11(10-12)14-13(15(20)21)8-5-9-18-14/h4-10H,1-3H3,(H,19,22)(H,20,21). The second-order valence-electron chi connectivity index (χ2n) is 5.91. The molecule has 0 fully saturated rings. The Kier molecular flexibility index (Phi) is 4.64. The summed E-state index contributed by atoms with van der Waals surface area (Å²) in [5, 5.41) is 11.9. The van der Waals surface area contributed by atoms with E-state index < -0.39 is 17.7 Å². The summed E-state index contributed by atoms with van der Waals surface area (Å²) in [6.45, 7) is 5.32. The maximum absolute atomic E-state index is 11.8. The molecule has 0 atom stereocenters. The van der Waals surface area contributed by atoms with Gasteiger partial charge in [-0.3, -0.25) is 10.3 Å². The highest BCUT2D eigenvalue weighted by atomic mass is 16.6. The third kappa shape index (κ3) is 4.54. The smallest absolute Gasteiger partial charge is 0.412 e. The van der Waals surface area contributed by atoms with E-state index in [0.717, 1.165) is 0 Å². The SMILES string of the molecule is CC(C)(C)OC(=O)Nc1cccc(-c2ncccc2C(=O)O)c1. The van der Waals surface area contributed by atoms with Crippen LogP contribution in [-0.2, 0) is 4.74 Å². The molecular formula is C17H18N2O4. The van der Waals surface area contributed by atoms with Gasteiger partial charge in [0.15, 0.2) is 0 Å². The van der Waals surface area contributed by atoms with E-state index in [1.165, 1.54) is 12.3 Å². The number of amides is 1. The van der Waals surface area contributed by atoms with Gasteiger partial charge in [0, 0.05) is 17.4 Å². The van der Waals surface area contributed by atoms with Gasteiger partial charge in [-0.1, -0.05) is 12.1 Å². The number of anilines is 1.